The summed E-state index contributed by atoms with van der Waals surface area (Å²) in [7, 11) is 0. The van der Waals surface area contributed by atoms with E-state index in [1.807, 2.05) is 32.0 Å². The topological polar surface area (TPSA) is 23.8 Å². The van der Waals surface area contributed by atoms with Crippen molar-refractivity contribution in [1.82, 2.24) is 0 Å². The molecule has 2 heteroatoms. The Kier molecular flexibility index (Phi) is 2.53. The lowest BCUT2D eigenvalue weighted by Gasteiger charge is -2.16. The molecule has 0 heterocycles. The highest BCUT2D eigenvalue weighted by atomic mass is 35.5. The molecule has 0 aromatic heterocycles. The van der Waals surface area contributed by atoms with Crippen LogP contribution in [0.3, 0.4) is 0 Å². The molecule has 60 valence electrons. The smallest absolute Gasteiger partial charge is 0.0408 e. The average molecular weight is 169 g/mol. The number of hydrogen-bond donors (Lipinski definition) is 0. The number of rotatable bonds is 1. The first-order chi connectivity index (χ1) is 5.11. The van der Waals surface area contributed by atoms with Crippen molar-refractivity contribution in [3.63, 3.8) is 0 Å². The molecule has 1 unspecified atom stereocenters. The molecule has 0 spiro atoms. The van der Waals surface area contributed by atoms with Gasteiger partial charge in [-0.25, -0.2) is 0 Å². The Morgan fingerprint density at radius 1 is 1.45 bits per heavy atom. The maximum absolute atomic E-state index is 7.49. The van der Waals surface area contributed by atoms with Gasteiger partial charge in [-0.05, 0) is 24.6 Å². The van der Waals surface area contributed by atoms with Gasteiger partial charge in [-0.3, -0.25) is 0 Å². The van der Waals surface area contributed by atoms with Gasteiger partial charge < -0.3 is 5.73 Å². The third-order valence-electron chi connectivity index (χ3n) is 1.70. The Morgan fingerprint density at radius 3 is 2.55 bits per heavy atom. The second-order valence-electron chi connectivity index (χ2n) is 2.72. The molecule has 0 aliphatic carbocycles. The molecule has 0 fully saturated rings. The van der Waals surface area contributed by atoms with Crippen molar-refractivity contribution in [2.24, 2.45) is 0 Å². The molecule has 0 amide bonds. The average Bonchev–Trinajstić information content (AvgIpc) is 1.85. The summed E-state index contributed by atoms with van der Waals surface area (Å²) >= 11 is 5.76. The van der Waals surface area contributed by atoms with E-state index in [-0.39, 0.29) is 6.04 Å². The quantitative estimate of drug-likeness (QED) is 0.610. The zero-order chi connectivity index (χ0) is 8.43. The van der Waals surface area contributed by atoms with Gasteiger partial charge in [-0.1, -0.05) is 30.2 Å². The fraction of sp³-hybridized carbons (Fsp3) is 0.333. The maximum atomic E-state index is 7.49. The zero-order valence-electron chi connectivity index (χ0n) is 6.69. The van der Waals surface area contributed by atoms with Gasteiger partial charge >= 0.3 is 0 Å². The lowest BCUT2D eigenvalue weighted by molar-refractivity contribution is 0.959. The second-order valence-corrected chi connectivity index (χ2v) is 3.16. The first-order valence-corrected chi connectivity index (χ1v) is 3.96. The zero-order valence-corrected chi connectivity index (χ0v) is 7.44. The lowest BCUT2D eigenvalue weighted by atomic mass is 10.0. The molecule has 11 heavy (non-hydrogen) atoms. The molecule has 0 aliphatic rings. The van der Waals surface area contributed by atoms with E-state index in [0.717, 1.165) is 16.1 Å². The summed E-state index contributed by atoms with van der Waals surface area (Å²) < 4.78 is 0. The van der Waals surface area contributed by atoms with E-state index in [1.165, 1.54) is 0 Å². The number of nitrogens with one attached hydrogen (secondary N) is 1. The minimum Gasteiger partial charge on any atom is -0.671 e. The van der Waals surface area contributed by atoms with Crippen molar-refractivity contribution in [3.05, 3.63) is 40.1 Å². The van der Waals surface area contributed by atoms with E-state index in [0.29, 0.717) is 0 Å². The van der Waals surface area contributed by atoms with Gasteiger partial charge in [0.15, 0.2) is 0 Å². The predicted octanol–water partition coefficient (Wildman–Crippen LogP) is 3.76. The summed E-state index contributed by atoms with van der Waals surface area (Å²) in [6.07, 6.45) is 0. The summed E-state index contributed by atoms with van der Waals surface area (Å²) in [5, 5.41) is 0.743. The highest BCUT2D eigenvalue weighted by Crippen LogP contribution is 2.22. The van der Waals surface area contributed by atoms with E-state index in [9.17, 15) is 0 Å². The predicted molar refractivity (Wildman–Crippen MR) is 48.9 cm³/mol. The molecule has 0 saturated carbocycles. The Labute approximate surface area is 72.2 Å². The first-order valence-electron chi connectivity index (χ1n) is 3.58. The molecule has 1 nitrogen and oxygen atoms in total. The van der Waals surface area contributed by atoms with Crippen molar-refractivity contribution in [2.75, 3.05) is 0 Å². The number of benzene rings is 1. The molecular formula is C9H11ClN-. The van der Waals surface area contributed by atoms with Gasteiger partial charge in [0.2, 0.25) is 0 Å². The Morgan fingerprint density at radius 2 is 2.09 bits per heavy atom. The Bertz CT molecular complexity index is 256. The minimum atomic E-state index is -0.160. The molecule has 1 aromatic carbocycles. The normalized spacial score (nSPS) is 13.1. The van der Waals surface area contributed by atoms with Crippen LogP contribution >= 0.6 is 11.6 Å². The molecule has 1 atom stereocenters. The first kappa shape index (κ1) is 8.57. The van der Waals surface area contributed by atoms with Gasteiger partial charge in [0.05, 0.1) is 0 Å². The number of halogens is 1. The Hall–Kier alpha value is -0.530. The maximum Gasteiger partial charge on any atom is 0.0408 e. The monoisotopic (exact) mass is 168 g/mol. The van der Waals surface area contributed by atoms with Crippen molar-refractivity contribution in [2.45, 2.75) is 19.9 Å². The van der Waals surface area contributed by atoms with Crippen LogP contribution in [0.5, 0.6) is 0 Å². The second kappa shape index (κ2) is 3.24. The van der Waals surface area contributed by atoms with Crippen LogP contribution in [0.25, 0.3) is 5.73 Å². The van der Waals surface area contributed by atoms with Gasteiger partial charge in [0, 0.05) is 5.02 Å². The standard InChI is InChI=1S/C9H11ClN/c1-6-5-8(10)3-4-9(6)7(2)11/h3-5,7,11H,1-2H3/q-1. The van der Waals surface area contributed by atoms with E-state index in [4.69, 9.17) is 17.3 Å². The largest absolute Gasteiger partial charge is 0.671 e. The van der Waals surface area contributed by atoms with Crippen molar-refractivity contribution in [1.29, 1.82) is 0 Å². The lowest BCUT2D eigenvalue weighted by Crippen LogP contribution is -1.89. The van der Waals surface area contributed by atoms with Crippen molar-refractivity contribution in [3.8, 4) is 0 Å². The van der Waals surface area contributed by atoms with Crippen LogP contribution in [0.15, 0.2) is 18.2 Å². The van der Waals surface area contributed by atoms with E-state index in [2.05, 4.69) is 0 Å². The van der Waals surface area contributed by atoms with E-state index >= 15 is 0 Å². The third-order valence-corrected chi connectivity index (χ3v) is 1.93. The van der Waals surface area contributed by atoms with E-state index in [1.54, 1.807) is 0 Å². The highest BCUT2D eigenvalue weighted by molar-refractivity contribution is 6.30. The Balaban J connectivity index is 3.09. The third kappa shape index (κ3) is 1.95. The van der Waals surface area contributed by atoms with Crippen LogP contribution in [-0.2, 0) is 0 Å². The summed E-state index contributed by atoms with van der Waals surface area (Å²) in [4.78, 5) is 0. The number of hydrogen-bond acceptors (Lipinski definition) is 0. The molecule has 1 N–H and O–H groups in total. The van der Waals surface area contributed by atoms with Crippen LogP contribution in [0.1, 0.15) is 24.1 Å². The van der Waals surface area contributed by atoms with Crippen molar-refractivity contribution < 1.29 is 0 Å². The summed E-state index contributed by atoms with van der Waals surface area (Å²) in [5.41, 5.74) is 9.63. The summed E-state index contributed by atoms with van der Waals surface area (Å²) in [6, 6.07) is 5.47. The van der Waals surface area contributed by atoms with Crippen LogP contribution in [0.4, 0.5) is 0 Å². The van der Waals surface area contributed by atoms with Crippen molar-refractivity contribution >= 4 is 11.6 Å². The van der Waals surface area contributed by atoms with Gasteiger partial charge in [-0.2, -0.15) is 0 Å². The highest BCUT2D eigenvalue weighted by Gasteiger charge is 1.97. The molecular weight excluding hydrogens is 158 g/mol. The summed E-state index contributed by atoms with van der Waals surface area (Å²) in [5.74, 6) is 0. The molecule has 0 radical (unpaired) electrons. The van der Waals surface area contributed by atoms with Gasteiger partial charge in [0.1, 0.15) is 0 Å². The molecule has 1 rings (SSSR count). The fourth-order valence-electron chi connectivity index (χ4n) is 1.12. The molecule has 0 bridgehead atoms. The molecule has 0 saturated heterocycles. The van der Waals surface area contributed by atoms with Crippen LogP contribution < -0.4 is 0 Å². The molecule has 0 aliphatic heterocycles. The van der Waals surface area contributed by atoms with Crippen LogP contribution in [0.2, 0.25) is 5.02 Å². The van der Waals surface area contributed by atoms with Crippen LogP contribution in [-0.4, -0.2) is 0 Å². The van der Waals surface area contributed by atoms with Gasteiger partial charge in [0.25, 0.3) is 0 Å². The van der Waals surface area contributed by atoms with Gasteiger partial charge in [-0.15, -0.1) is 6.04 Å². The SMILES string of the molecule is Cc1cc(Cl)ccc1C(C)[NH-]. The van der Waals surface area contributed by atoms with Crippen LogP contribution in [0, 0.1) is 6.92 Å². The minimum absolute atomic E-state index is 0.160. The molecule has 1 aromatic rings. The summed E-state index contributed by atoms with van der Waals surface area (Å²) in [6.45, 7) is 3.84. The van der Waals surface area contributed by atoms with E-state index < -0.39 is 0 Å². The number of aryl methyl sites for hydroxylation is 1. The fourth-order valence-corrected chi connectivity index (χ4v) is 1.35.